The molecule has 2 heterocycles. The number of hydrogen-bond donors (Lipinski definition) is 1. The number of aryl methyl sites for hydroxylation is 1. The van der Waals surface area contributed by atoms with Crippen LogP contribution in [0.5, 0.6) is 0 Å². The first-order valence-corrected chi connectivity index (χ1v) is 9.11. The second kappa shape index (κ2) is 8.46. The Morgan fingerprint density at radius 2 is 1.96 bits per heavy atom. The van der Waals surface area contributed by atoms with Crippen LogP contribution in [0.2, 0.25) is 0 Å². The van der Waals surface area contributed by atoms with Crippen LogP contribution in [0, 0.1) is 0 Å². The Morgan fingerprint density at radius 1 is 1.09 bits per heavy atom. The average Bonchev–Trinajstić information content (AvgIpc) is 3.02. The van der Waals surface area contributed by atoms with Crippen LogP contribution in [0.1, 0.15) is 31.2 Å². The molecule has 0 radical (unpaired) electrons. The highest BCUT2D eigenvalue weighted by Crippen LogP contribution is 2.12. The standard InChI is InChI=1S/C19H29N3O/c23-19(18-10-4-11-20-18)22-14-6-13-21(15-16-22)12-5-9-17-7-2-1-3-8-17/h1-3,7-8,18,20H,4-6,9-16H2. The second-order valence-electron chi connectivity index (χ2n) is 6.76. The average molecular weight is 315 g/mol. The molecule has 0 saturated carbocycles. The number of amides is 1. The number of carbonyl (C=O) groups is 1. The number of hydrogen-bond acceptors (Lipinski definition) is 3. The molecule has 0 spiro atoms. The maximum atomic E-state index is 12.5. The SMILES string of the molecule is O=C(C1CCCN1)N1CCCN(CCCc2ccccc2)CC1. The molecule has 0 aromatic heterocycles. The van der Waals surface area contributed by atoms with Gasteiger partial charge in [0.15, 0.2) is 0 Å². The zero-order valence-electron chi connectivity index (χ0n) is 14.0. The summed E-state index contributed by atoms with van der Waals surface area (Å²) in [4.78, 5) is 17.1. The van der Waals surface area contributed by atoms with Gasteiger partial charge >= 0.3 is 0 Å². The molecular weight excluding hydrogens is 286 g/mol. The van der Waals surface area contributed by atoms with E-state index in [-0.39, 0.29) is 6.04 Å². The molecule has 1 atom stereocenters. The summed E-state index contributed by atoms with van der Waals surface area (Å²) in [5.41, 5.74) is 1.42. The highest BCUT2D eigenvalue weighted by atomic mass is 16.2. The molecule has 0 aliphatic carbocycles. The fourth-order valence-electron chi connectivity index (χ4n) is 3.68. The number of nitrogens with zero attached hydrogens (tertiary/aromatic N) is 2. The molecule has 1 N–H and O–H groups in total. The molecule has 3 rings (SSSR count). The number of benzene rings is 1. The van der Waals surface area contributed by atoms with Crippen molar-refractivity contribution in [3.63, 3.8) is 0 Å². The summed E-state index contributed by atoms with van der Waals surface area (Å²) in [5.74, 6) is 0.327. The van der Waals surface area contributed by atoms with Gasteiger partial charge in [0.1, 0.15) is 0 Å². The van der Waals surface area contributed by atoms with Gasteiger partial charge in [-0.2, -0.15) is 0 Å². The van der Waals surface area contributed by atoms with Gasteiger partial charge < -0.3 is 15.1 Å². The van der Waals surface area contributed by atoms with Gasteiger partial charge in [-0.05, 0) is 57.3 Å². The largest absolute Gasteiger partial charge is 0.340 e. The van der Waals surface area contributed by atoms with E-state index in [1.807, 2.05) is 0 Å². The Morgan fingerprint density at radius 3 is 2.74 bits per heavy atom. The Balaban J connectivity index is 1.40. The lowest BCUT2D eigenvalue weighted by Crippen LogP contribution is -2.45. The summed E-state index contributed by atoms with van der Waals surface area (Å²) in [6, 6.07) is 10.8. The maximum absolute atomic E-state index is 12.5. The van der Waals surface area contributed by atoms with E-state index in [9.17, 15) is 4.79 Å². The van der Waals surface area contributed by atoms with Gasteiger partial charge in [0.2, 0.25) is 5.91 Å². The van der Waals surface area contributed by atoms with E-state index in [1.54, 1.807) is 0 Å². The van der Waals surface area contributed by atoms with Crippen molar-refractivity contribution in [2.24, 2.45) is 0 Å². The van der Waals surface area contributed by atoms with Crippen molar-refractivity contribution in [1.29, 1.82) is 0 Å². The lowest BCUT2D eigenvalue weighted by atomic mass is 10.1. The zero-order valence-corrected chi connectivity index (χ0v) is 14.0. The molecule has 4 nitrogen and oxygen atoms in total. The van der Waals surface area contributed by atoms with Crippen molar-refractivity contribution < 1.29 is 4.79 Å². The predicted octanol–water partition coefficient (Wildman–Crippen LogP) is 1.91. The van der Waals surface area contributed by atoms with Crippen LogP contribution in [0.25, 0.3) is 0 Å². The topological polar surface area (TPSA) is 35.6 Å². The minimum absolute atomic E-state index is 0.0830. The monoisotopic (exact) mass is 315 g/mol. The number of rotatable bonds is 5. The Hall–Kier alpha value is -1.39. The molecule has 23 heavy (non-hydrogen) atoms. The maximum Gasteiger partial charge on any atom is 0.239 e. The minimum atomic E-state index is 0.0830. The molecule has 1 unspecified atom stereocenters. The van der Waals surface area contributed by atoms with Crippen LogP contribution in [0.3, 0.4) is 0 Å². The van der Waals surface area contributed by atoms with E-state index in [1.165, 1.54) is 12.0 Å². The molecule has 1 amide bonds. The van der Waals surface area contributed by atoms with Crippen molar-refractivity contribution in [1.82, 2.24) is 15.1 Å². The summed E-state index contributed by atoms with van der Waals surface area (Å²) in [5, 5.41) is 3.33. The van der Waals surface area contributed by atoms with Crippen molar-refractivity contribution in [3.8, 4) is 0 Å². The lowest BCUT2D eigenvalue weighted by Gasteiger charge is -2.24. The molecule has 4 heteroatoms. The van der Waals surface area contributed by atoms with Gasteiger partial charge in [0.25, 0.3) is 0 Å². The summed E-state index contributed by atoms with van der Waals surface area (Å²) < 4.78 is 0. The van der Waals surface area contributed by atoms with Crippen LogP contribution < -0.4 is 5.32 Å². The predicted molar refractivity (Wildman–Crippen MR) is 93.4 cm³/mol. The first-order valence-electron chi connectivity index (χ1n) is 9.11. The third kappa shape index (κ3) is 4.79. The van der Waals surface area contributed by atoms with Gasteiger partial charge in [-0.25, -0.2) is 0 Å². The molecule has 2 fully saturated rings. The highest BCUT2D eigenvalue weighted by Gasteiger charge is 2.27. The van der Waals surface area contributed by atoms with Crippen molar-refractivity contribution in [2.75, 3.05) is 39.3 Å². The third-order valence-electron chi connectivity index (χ3n) is 5.04. The zero-order chi connectivity index (χ0) is 15.9. The van der Waals surface area contributed by atoms with E-state index >= 15 is 0 Å². The van der Waals surface area contributed by atoms with Crippen molar-refractivity contribution in [3.05, 3.63) is 35.9 Å². The smallest absolute Gasteiger partial charge is 0.239 e. The Labute approximate surface area is 139 Å². The molecule has 1 aromatic carbocycles. The Bertz CT molecular complexity index is 485. The van der Waals surface area contributed by atoms with Crippen molar-refractivity contribution in [2.45, 2.75) is 38.1 Å². The van der Waals surface area contributed by atoms with Gasteiger partial charge in [-0.1, -0.05) is 30.3 Å². The minimum Gasteiger partial charge on any atom is -0.340 e. The Kier molecular flexibility index (Phi) is 6.06. The summed E-state index contributed by atoms with van der Waals surface area (Å²) in [6.07, 6.45) is 5.59. The van der Waals surface area contributed by atoms with E-state index in [2.05, 4.69) is 45.4 Å². The molecule has 2 saturated heterocycles. The van der Waals surface area contributed by atoms with Gasteiger partial charge in [-0.15, -0.1) is 0 Å². The third-order valence-corrected chi connectivity index (χ3v) is 5.04. The molecule has 126 valence electrons. The molecule has 2 aliphatic heterocycles. The van der Waals surface area contributed by atoms with Crippen LogP contribution in [-0.4, -0.2) is 61.0 Å². The first kappa shape index (κ1) is 16.5. The van der Waals surface area contributed by atoms with E-state index in [0.717, 1.165) is 65.0 Å². The second-order valence-corrected chi connectivity index (χ2v) is 6.76. The molecule has 0 bridgehead atoms. The van der Waals surface area contributed by atoms with Crippen LogP contribution in [-0.2, 0) is 11.2 Å². The fourth-order valence-corrected chi connectivity index (χ4v) is 3.68. The molecule has 2 aliphatic rings. The fraction of sp³-hybridized carbons (Fsp3) is 0.632. The van der Waals surface area contributed by atoms with E-state index in [0.29, 0.717) is 5.91 Å². The van der Waals surface area contributed by atoms with Crippen LogP contribution in [0.4, 0.5) is 0 Å². The number of nitrogens with one attached hydrogen (secondary N) is 1. The normalized spacial score (nSPS) is 23.0. The lowest BCUT2D eigenvalue weighted by molar-refractivity contribution is -0.132. The van der Waals surface area contributed by atoms with Gasteiger partial charge in [0.05, 0.1) is 6.04 Å². The van der Waals surface area contributed by atoms with Crippen molar-refractivity contribution >= 4 is 5.91 Å². The van der Waals surface area contributed by atoms with Crippen LogP contribution >= 0.6 is 0 Å². The van der Waals surface area contributed by atoms with Crippen LogP contribution in [0.15, 0.2) is 30.3 Å². The summed E-state index contributed by atoms with van der Waals surface area (Å²) in [6.45, 7) is 6.09. The quantitative estimate of drug-likeness (QED) is 0.901. The number of carbonyl (C=O) groups excluding carboxylic acids is 1. The van der Waals surface area contributed by atoms with E-state index < -0.39 is 0 Å². The highest BCUT2D eigenvalue weighted by molar-refractivity contribution is 5.82. The van der Waals surface area contributed by atoms with E-state index in [4.69, 9.17) is 0 Å². The van der Waals surface area contributed by atoms with Gasteiger partial charge in [0, 0.05) is 19.6 Å². The summed E-state index contributed by atoms with van der Waals surface area (Å²) >= 11 is 0. The van der Waals surface area contributed by atoms with Gasteiger partial charge in [-0.3, -0.25) is 4.79 Å². The molecule has 1 aromatic rings. The first-order chi connectivity index (χ1) is 11.3. The molecular formula is C19H29N3O. The summed E-state index contributed by atoms with van der Waals surface area (Å²) in [7, 11) is 0.